The van der Waals surface area contributed by atoms with E-state index in [-0.39, 0.29) is 11.4 Å². The van der Waals surface area contributed by atoms with E-state index in [1.807, 2.05) is 13.0 Å². The Morgan fingerprint density at radius 3 is 2.83 bits per heavy atom. The zero-order valence-corrected chi connectivity index (χ0v) is 11.8. The van der Waals surface area contributed by atoms with Crippen molar-refractivity contribution in [3.05, 3.63) is 29.6 Å². The van der Waals surface area contributed by atoms with E-state index in [2.05, 4.69) is 31.0 Å². The Kier molecular flexibility index (Phi) is 3.62. The lowest BCUT2D eigenvalue weighted by molar-refractivity contribution is 0.285. The monoisotopic (exact) mass is 250 g/mol. The Bertz CT molecular complexity index is 433. The van der Waals surface area contributed by atoms with Crippen molar-refractivity contribution in [2.45, 2.75) is 45.7 Å². The highest BCUT2D eigenvalue weighted by molar-refractivity contribution is 5.55. The molecule has 0 bridgehead atoms. The fourth-order valence-corrected chi connectivity index (χ4v) is 2.59. The molecule has 0 saturated carbocycles. The number of hydrogen-bond acceptors (Lipinski definition) is 2. The molecule has 2 unspecified atom stereocenters. The van der Waals surface area contributed by atoms with Crippen LogP contribution in [0.25, 0.3) is 0 Å². The first-order valence-electron chi connectivity index (χ1n) is 6.73. The van der Waals surface area contributed by atoms with Gasteiger partial charge in [-0.25, -0.2) is 4.39 Å². The smallest absolute Gasteiger partial charge is 0.123 e. The number of piperazine rings is 1. The molecule has 1 N–H and O–H groups in total. The van der Waals surface area contributed by atoms with Crippen LogP contribution in [-0.2, 0) is 0 Å². The summed E-state index contributed by atoms with van der Waals surface area (Å²) in [4.78, 5) is 2.40. The molecule has 1 aliphatic heterocycles. The van der Waals surface area contributed by atoms with E-state index in [1.165, 1.54) is 0 Å². The lowest BCUT2D eigenvalue weighted by Crippen LogP contribution is -2.62. The van der Waals surface area contributed by atoms with Crippen molar-refractivity contribution >= 4 is 5.69 Å². The molecular weight excluding hydrogens is 227 g/mol. The molecular formula is C15H23FN2. The van der Waals surface area contributed by atoms with Crippen molar-refractivity contribution in [2.24, 2.45) is 0 Å². The maximum Gasteiger partial charge on any atom is 0.123 e. The van der Waals surface area contributed by atoms with Crippen LogP contribution < -0.4 is 10.2 Å². The highest BCUT2D eigenvalue weighted by Crippen LogP contribution is 2.28. The quantitative estimate of drug-likeness (QED) is 0.867. The second-order valence-electron chi connectivity index (χ2n) is 5.70. The van der Waals surface area contributed by atoms with E-state index in [0.717, 1.165) is 30.8 Å². The minimum absolute atomic E-state index is 0.146. The lowest BCUT2D eigenvalue weighted by atomic mass is 9.93. The molecule has 3 heteroatoms. The highest BCUT2D eigenvalue weighted by atomic mass is 19.1. The maximum absolute atomic E-state index is 13.2. The topological polar surface area (TPSA) is 15.3 Å². The summed E-state index contributed by atoms with van der Waals surface area (Å²) in [5.41, 5.74) is 2.32. The Balaban J connectivity index is 2.30. The van der Waals surface area contributed by atoms with Crippen molar-refractivity contribution < 1.29 is 4.39 Å². The second kappa shape index (κ2) is 4.88. The molecule has 0 aromatic heterocycles. The van der Waals surface area contributed by atoms with Crippen molar-refractivity contribution in [3.63, 3.8) is 0 Å². The number of rotatable bonds is 2. The molecule has 0 spiro atoms. The molecule has 1 fully saturated rings. The van der Waals surface area contributed by atoms with Gasteiger partial charge in [-0.1, -0.05) is 6.92 Å². The van der Waals surface area contributed by atoms with E-state index in [1.54, 1.807) is 12.1 Å². The summed E-state index contributed by atoms with van der Waals surface area (Å²) in [6, 6.07) is 5.52. The van der Waals surface area contributed by atoms with Gasteiger partial charge in [-0.2, -0.15) is 0 Å². The fourth-order valence-electron chi connectivity index (χ4n) is 2.59. The van der Waals surface area contributed by atoms with Crippen LogP contribution in [0.15, 0.2) is 18.2 Å². The Morgan fingerprint density at radius 2 is 2.22 bits per heavy atom. The molecule has 0 radical (unpaired) electrons. The summed E-state index contributed by atoms with van der Waals surface area (Å²) < 4.78 is 13.2. The molecule has 1 heterocycles. The summed E-state index contributed by atoms with van der Waals surface area (Å²) in [5.74, 6) is -0.155. The van der Waals surface area contributed by atoms with Crippen molar-refractivity contribution in [1.82, 2.24) is 5.32 Å². The molecule has 100 valence electrons. The van der Waals surface area contributed by atoms with E-state index in [0.29, 0.717) is 6.04 Å². The van der Waals surface area contributed by atoms with Gasteiger partial charge >= 0.3 is 0 Å². The summed E-state index contributed by atoms with van der Waals surface area (Å²) >= 11 is 0. The van der Waals surface area contributed by atoms with Gasteiger partial charge < -0.3 is 10.2 Å². The van der Waals surface area contributed by atoms with Gasteiger partial charge in [0.25, 0.3) is 0 Å². The van der Waals surface area contributed by atoms with Crippen LogP contribution in [0.3, 0.4) is 0 Å². The fraction of sp³-hybridized carbons (Fsp3) is 0.600. The van der Waals surface area contributed by atoms with Gasteiger partial charge in [-0.05, 0) is 51.0 Å². The highest BCUT2D eigenvalue weighted by Gasteiger charge is 2.33. The SMILES string of the molecule is CCC1(C)CN(c2ccc(F)cc2C)C(C)CN1. The van der Waals surface area contributed by atoms with E-state index in [4.69, 9.17) is 0 Å². The number of benzene rings is 1. The van der Waals surface area contributed by atoms with Gasteiger partial charge in [-0.15, -0.1) is 0 Å². The number of halogens is 1. The van der Waals surface area contributed by atoms with Crippen LogP contribution in [0.5, 0.6) is 0 Å². The normalized spacial score (nSPS) is 28.5. The minimum Gasteiger partial charge on any atom is -0.365 e. The number of hydrogen-bond donors (Lipinski definition) is 1. The number of aryl methyl sites for hydroxylation is 1. The first-order chi connectivity index (χ1) is 8.45. The van der Waals surface area contributed by atoms with Crippen LogP contribution in [0.2, 0.25) is 0 Å². The number of nitrogens with zero attached hydrogens (tertiary/aromatic N) is 1. The van der Waals surface area contributed by atoms with Crippen molar-refractivity contribution in [2.75, 3.05) is 18.0 Å². The summed E-state index contributed by atoms with van der Waals surface area (Å²) in [6.07, 6.45) is 1.09. The third-order valence-corrected chi connectivity index (χ3v) is 4.12. The third-order valence-electron chi connectivity index (χ3n) is 4.12. The Morgan fingerprint density at radius 1 is 1.50 bits per heavy atom. The molecule has 2 nitrogen and oxygen atoms in total. The Hall–Kier alpha value is -1.09. The average molecular weight is 250 g/mol. The molecule has 0 amide bonds. The molecule has 1 aromatic carbocycles. The van der Waals surface area contributed by atoms with Gasteiger partial charge in [0.2, 0.25) is 0 Å². The number of anilines is 1. The second-order valence-corrected chi connectivity index (χ2v) is 5.70. The summed E-state index contributed by atoms with van der Waals surface area (Å²) in [6.45, 7) is 10.6. The first-order valence-corrected chi connectivity index (χ1v) is 6.73. The minimum atomic E-state index is -0.155. The average Bonchev–Trinajstić information content (AvgIpc) is 2.33. The lowest BCUT2D eigenvalue weighted by Gasteiger charge is -2.46. The van der Waals surface area contributed by atoms with Crippen molar-refractivity contribution in [3.8, 4) is 0 Å². The van der Waals surface area contributed by atoms with E-state index in [9.17, 15) is 4.39 Å². The van der Waals surface area contributed by atoms with Crippen LogP contribution in [-0.4, -0.2) is 24.7 Å². The number of nitrogens with one attached hydrogen (secondary N) is 1. The van der Waals surface area contributed by atoms with E-state index < -0.39 is 0 Å². The van der Waals surface area contributed by atoms with Crippen LogP contribution in [0.1, 0.15) is 32.8 Å². The predicted octanol–water partition coefficient (Wildman–Crippen LogP) is 3.10. The summed E-state index contributed by atoms with van der Waals surface area (Å²) in [5, 5.41) is 3.61. The zero-order chi connectivity index (χ0) is 13.3. The largest absolute Gasteiger partial charge is 0.365 e. The third kappa shape index (κ3) is 2.51. The van der Waals surface area contributed by atoms with Gasteiger partial charge in [0.1, 0.15) is 5.82 Å². The molecule has 0 aliphatic carbocycles. The molecule has 1 aliphatic rings. The standard InChI is InChI=1S/C15H23FN2/c1-5-15(4)10-18(12(3)9-17-15)14-7-6-13(16)8-11(14)2/h6-8,12,17H,5,9-10H2,1-4H3. The summed E-state index contributed by atoms with van der Waals surface area (Å²) in [7, 11) is 0. The van der Waals surface area contributed by atoms with Gasteiger partial charge in [0, 0.05) is 30.4 Å². The molecule has 18 heavy (non-hydrogen) atoms. The van der Waals surface area contributed by atoms with E-state index >= 15 is 0 Å². The van der Waals surface area contributed by atoms with Crippen LogP contribution >= 0.6 is 0 Å². The van der Waals surface area contributed by atoms with Gasteiger partial charge in [-0.3, -0.25) is 0 Å². The zero-order valence-electron chi connectivity index (χ0n) is 11.8. The van der Waals surface area contributed by atoms with Crippen LogP contribution in [0.4, 0.5) is 10.1 Å². The van der Waals surface area contributed by atoms with Gasteiger partial charge in [0.05, 0.1) is 0 Å². The Labute approximate surface area is 109 Å². The maximum atomic E-state index is 13.2. The molecule has 2 atom stereocenters. The predicted molar refractivity (Wildman–Crippen MR) is 74.6 cm³/mol. The van der Waals surface area contributed by atoms with Gasteiger partial charge in [0.15, 0.2) is 0 Å². The first kappa shape index (κ1) is 13.3. The van der Waals surface area contributed by atoms with Crippen LogP contribution in [0, 0.1) is 12.7 Å². The molecule has 1 aromatic rings. The van der Waals surface area contributed by atoms with Crippen molar-refractivity contribution in [1.29, 1.82) is 0 Å². The molecule has 1 saturated heterocycles. The molecule has 2 rings (SSSR count).